The van der Waals surface area contributed by atoms with Crippen LogP contribution in [0.3, 0.4) is 0 Å². The van der Waals surface area contributed by atoms with Gasteiger partial charge in [0.05, 0.1) is 0 Å². The highest BCUT2D eigenvalue weighted by molar-refractivity contribution is 5.77. The SMILES string of the molecule is CCCC(=O)NC(Nc1ccc(F)cc1)(C(F)(F)F)C(F)(F)F. The average Bonchev–Trinajstić information content (AvgIpc) is 2.38. The van der Waals surface area contributed by atoms with Crippen LogP contribution in [0, 0.1) is 5.82 Å². The van der Waals surface area contributed by atoms with E-state index in [1.54, 1.807) is 0 Å². The van der Waals surface area contributed by atoms with Gasteiger partial charge in [-0.3, -0.25) is 4.79 Å². The molecule has 2 N–H and O–H groups in total. The van der Waals surface area contributed by atoms with Crippen LogP contribution >= 0.6 is 0 Å². The molecule has 0 spiro atoms. The molecule has 10 heteroatoms. The molecular weight excluding hydrogens is 333 g/mol. The van der Waals surface area contributed by atoms with Gasteiger partial charge in [0.15, 0.2) is 0 Å². The minimum absolute atomic E-state index is 0.0637. The third kappa shape index (κ3) is 4.26. The van der Waals surface area contributed by atoms with Gasteiger partial charge in [-0.15, -0.1) is 0 Å². The molecule has 0 aliphatic carbocycles. The molecule has 0 aromatic heterocycles. The Hall–Kier alpha value is -2.00. The number of benzene rings is 1. The first-order chi connectivity index (χ1) is 10.4. The summed E-state index contributed by atoms with van der Waals surface area (Å²) in [5.74, 6) is -2.26. The summed E-state index contributed by atoms with van der Waals surface area (Å²) in [5, 5.41) is 2.22. The first-order valence-electron chi connectivity index (χ1n) is 6.41. The van der Waals surface area contributed by atoms with Crippen LogP contribution in [0.5, 0.6) is 0 Å². The Kier molecular flexibility index (Phi) is 5.49. The monoisotopic (exact) mass is 346 g/mol. The molecule has 0 saturated heterocycles. The first kappa shape index (κ1) is 19.0. The molecule has 0 fully saturated rings. The zero-order valence-electron chi connectivity index (χ0n) is 11.8. The van der Waals surface area contributed by atoms with Gasteiger partial charge < -0.3 is 10.6 Å². The van der Waals surface area contributed by atoms with Crippen LogP contribution in [0.1, 0.15) is 19.8 Å². The third-order valence-corrected chi connectivity index (χ3v) is 2.83. The number of carbonyl (C=O) groups is 1. The highest BCUT2D eigenvalue weighted by Gasteiger charge is 2.72. The topological polar surface area (TPSA) is 41.1 Å². The maximum Gasteiger partial charge on any atom is 0.439 e. The Morgan fingerprint density at radius 2 is 1.48 bits per heavy atom. The van der Waals surface area contributed by atoms with Crippen molar-refractivity contribution in [1.82, 2.24) is 5.32 Å². The van der Waals surface area contributed by atoms with Crippen molar-refractivity contribution < 1.29 is 35.5 Å². The largest absolute Gasteiger partial charge is 0.439 e. The van der Waals surface area contributed by atoms with Crippen molar-refractivity contribution in [1.29, 1.82) is 0 Å². The van der Waals surface area contributed by atoms with Crippen molar-refractivity contribution in [3.63, 3.8) is 0 Å². The van der Waals surface area contributed by atoms with Crippen molar-refractivity contribution >= 4 is 11.6 Å². The Bertz CT molecular complexity index is 523. The molecule has 0 atom stereocenters. The highest BCUT2D eigenvalue weighted by atomic mass is 19.4. The van der Waals surface area contributed by atoms with E-state index in [-0.39, 0.29) is 6.42 Å². The van der Waals surface area contributed by atoms with Gasteiger partial charge in [-0.1, -0.05) is 6.92 Å². The molecule has 0 unspecified atom stereocenters. The fourth-order valence-corrected chi connectivity index (χ4v) is 1.72. The number of hydrogen-bond acceptors (Lipinski definition) is 2. The van der Waals surface area contributed by atoms with Crippen LogP contribution in [0.15, 0.2) is 24.3 Å². The number of nitrogens with one attached hydrogen (secondary N) is 2. The van der Waals surface area contributed by atoms with E-state index in [0.29, 0.717) is 24.3 Å². The van der Waals surface area contributed by atoms with Crippen LogP contribution in [0.25, 0.3) is 0 Å². The summed E-state index contributed by atoms with van der Waals surface area (Å²) in [4.78, 5) is 11.4. The predicted octanol–water partition coefficient (Wildman–Crippen LogP) is 3.97. The Balaban J connectivity index is 3.32. The second-order valence-corrected chi connectivity index (χ2v) is 4.68. The molecule has 23 heavy (non-hydrogen) atoms. The van der Waals surface area contributed by atoms with Crippen LogP contribution in [0.4, 0.5) is 36.4 Å². The number of carbonyl (C=O) groups excluding carboxylic acids is 1. The quantitative estimate of drug-likeness (QED) is 0.626. The molecule has 1 amide bonds. The smallest absolute Gasteiger partial charge is 0.348 e. The van der Waals surface area contributed by atoms with E-state index in [1.165, 1.54) is 12.2 Å². The molecule has 0 aliphatic rings. The van der Waals surface area contributed by atoms with Gasteiger partial charge in [-0.2, -0.15) is 26.3 Å². The van der Waals surface area contributed by atoms with Crippen molar-refractivity contribution in [2.75, 3.05) is 5.32 Å². The van der Waals surface area contributed by atoms with E-state index in [2.05, 4.69) is 0 Å². The molecule has 1 aromatic carbocycles. The standard InChI is InChI=1S/C13H13F7N2O/c1-2-3-10(23)22-11(12(15,16)17,13(18,19)20)21-9-6-4-8(14)5-7-9/h4-7,21H,2-3H2,1H3,(H,22,23). The Labute approximate surface area is 126 Å². The highest BCUT2D eigenvalue weighted by Crippen LogP contribution is 2.43. The Morgan fingerprint density at radius 1 is 1.00 bits per heavy atom. The van der Waals surface area contributed by atoms with E-state index < -0.39 is 41.8 Å². The van der Waals surface area contributed by atoms with Gasteiger partial charge >= 0.3 is 18.0 Å². The van der Waals surface area contributed by atoms with Crippen molar-refractivity contribution in [2.24, 2.45) is 0 Å². The zero-order valence-corrected chi connectivity index (χ0v) is 11.8. The second kappa shape index (κ2) is 6.63. The number of amides is 1. The molecule has 0 aliphatic heterocycles. The van der Waals surface area contributed by atoms with Crippen molar-refractivity contribution in [3.05, 3.63) is 30.1 Å². The molecule has 0 bridgehead atoms. The van der Waals surface area contributed by atoms with Gasteiger partial charge in [0.2, 0.25) is 5.91 Å². The number of alkyl halides is 6. The molecule has 3 nitrogen and oxygen atoms in total. The predicted molar refractivity (Wildman–Crippen MR) is 67.9 cm³/mol. The van der Waals surface area contributed by atoms with E-state index in [1.807, 2.05) is 0 Å². The van der Waals surface area contributed by atoms with Gasteiger partial charge in [-0.05, 0) is 30.7 Å². The molecule has 0 saturated carbocycles. The molecule has 0 heterocycles. The van der Waals surface area contributed by atoms with Crippen molar-refractivity contribution in [2.45, 2.75) is 37.8 Å². The second-order valence-electron chi connectivity index (χ2n) is 4.68. The van der Waals surface area contributed by atoms with E-state index >= 15 is 0 Å². The number of halogens is 7. The molecule has 1 rings (SSSR count). The van der Waals surface area contributed by atoms with Crippen LogP contribution in [-0.2, 0) is 4.79 Å². The molecule has 1 aromatic rings. The summed E-state index contributed by atoms with van der Waals surface area (Å²) in [5.41, 5.74) is -5.33. The normalized spacial score (nSPS) is 12.9. The lowest BCUT2D eigenvalue weighted by molar-refractivity contribution is -0.295. The minimum atomic E-state index is -5.89. The van der Waals surface area contributed by atoms with Crippen LogP contribution in [-0.4, -0.2) is 23.9 Å². The minimum Gasteiger partial charge on any atom is -0.348 e. The summed E-state index contributed by atoms with van der Waals surface area (Å²) in [6.07, 6.45) is -12.2. The molecule has 0 radical (unpaired) electrons. The van der Waals surface area contributed by atoms with Crippen molar-refractivity contribution in [3.8, 4) is 0 Å². The number of rotatable bonds is 5. The van der Waals surface area contributed by atoms with Gasteiger partial charge in [0.25, 0.3) is 0 Å². The lowest BCUT2D eigenvalue weighted by atomic mass is 10.1. The summed E-state index contributed by atoms with van der Waals surface area (Å²) < 4.78 is 91.7. The van der Waals surface area contributed by atoms with Crippen LogP contribution in [0.2, 0.25) is 0 Å². The fourth-order valence-electron chi connectivity index (χ4n) is 1.72. The van der Waals surface area contributed by atoms with E-state index in [0.717, 1.165) is 5.32 Å². The average molecular weight is 346 g/mol. The Morgan fingerprint density at radius 3 is 1.87 bits per heavy atom. The number of hydrogen-bond donors (Lipinski definition) is 2. The third-order valence-electron chi connectivity index (χ3n) is 2.83. The lowest BCUT2D eigenvalue weighted by Crippen LogP contribution is -2.72. The van der Waals surface area contributed by atoms with Gasteiger partial charge in [0.1, 0.15) is 5.82 Å². The first-order valence-corrected chi connectivity index (χ1v) is 6.41. The molecule has 130 valence electrons. The maximum atomic E-state index is 13.2. The summed E-state index contributed by atoms with van der Waals surface area (Å²) in [6, 6.07) is 2.78. The zero-order chi connectivity index (χ0) is 17.9. The number of anilines is 1. The summed E-state index contributed by atoms with van der Waals surface area (Å²) in [7, 11) is 0. The van der Waals surface area contributed by atoms with E-state index in [9.17, 15) is 35.5 Å². The summed E-state index contributed by atoms with van der Waals surface area (Å²) in [6.45, 7) is 1.43. The lowest BCUT2D eigenvalue weighted by Gasteiger charge is -2.39. The molecular formula is C13H13F7N2O. The fraction of sp³-hybridized carbons (Fsp3) is 0.462. The van der Waals surface area contributed by atoms with Gasteiger partial charge in [-0.25, -0.2) is 4.39 Å². The van der Waals surface area contributed by atoms with E-state index in [4.69, 9.17) is 0 Å². The van der Waals surface area contributed by atoms with Crippen LogP contribution < -0.4 is 10.6 Å². The summed E-state index contributed by atoms with van der Waals surface area (Å²) >= 11 is 0. The maximum absolute atomic E-state index is 13.2. The van der Waals surface area contributed by atoms with Gasteiger partial charge in [0, 0.05) is 12.1 Å².